The van der Waals surface area contributed by atoms with Gasteiger partial charge in [0.25, 0.3) is 0 Å². The minimum absolute atomic E-state index is 0.0825. The average Bonchev–Trinajstić information content (AvgIpc) is 3.27. The predicted octanol–water partition coefficient (Wildman–Crippen LogP) is 4.84. The van der Waals surface area contributed by atoms with Crippen molar-refractivity contribution in [3.8, 4) is 11.4 Å². The van der Waals surface area contributed by atoms with Gasteiger partial charge in [0.15, 0.2) is 11.0 Å². The van der Waals surface area contributed by atoms with Gasteiger partial charge < -0.3 is 4.52 Å². The fourth-order valence-electron chi connectivity index (χ4n) is 2.86. The summed E-state index contributed by atoms with van der Waals surface area (Å²) in [5.74, 6) is 0.883. The molecule has 0 aliphatic rings. The Morgan fingerprint density at radius 3 is 2.57 bits per heavy atom. The standard InChI is InChI=1S/C22H27N5O2S/c1-7-12-27-19(16-8-10-17(11-9-16)22(4,5)6)24-25-21(27)30-15(3)20(28)23-18-13-14(2)26-29-18/h7-11,13,15H,1,12H2,2-6H3,(H,23,28). The van der Waals surface area contributed by atoms with Crippen LogP contribution in [0.15, 0.2) is 52.7 Å². The highest BCUT2D eigenvalue weighted by Crippen LogP contribution is 2.29. The van der Waals surface area contributed by atoms with Crippen LogP contribution in [-0.4, -0.2) is 31.1 Å². The number of anilines is 1. The molecule has 1 unspecified atom stereocenters. The Morgan fingerprint density at radius 2 is 2.00 bits per heavy atom. The Labute approximate surface area is 180 Å². The smallest absolute Gasteiger partial charge is 0.240 e. The van der Waals surface area contributed by atoms with E-state index in [1.54, 1.807) is 19.1 Å². The normalized spacial score (nSPS) is 12.6. The molecule has 0 saturated carbocycles. The van der Waals surface area contributed by atoms with Gasteiger partial charge in [-0.05, 0) is 24.8 Å². The third-order valence-corrected chi connectivity index (χ3v) is 5.64. The number of benzene rings is 1. The molecular weight excluding hydrogens is 398 g/mol. The first-order valence-corrected chi connectivity index (χ1v) is 10.6. The minimum Gasteiger partial charge on any atom is -0.338 e. The molecule has 3 rings (SSSR count). The van der Waals surface area contributed by atoms with Crippen LogP contribution in [0.4, 0.5) is 5.88 Å². The Morgan fingerprint density at radius 1 is 1.30 bits per heavy atom. The summed E-state index contributed by atoms with van der Waals surface area (Å²) in [5, 5.41) is 15.5. The molecule has 0 aliphatic heterocycles. The second-order valence-electron chi connectivity index (χ2n) is 8.11. The second kappa shape index (κ2) is 8.87. The second-order valence-corrected chi connectivity index (χ2v) is 9.42. The number of nitrogens with zero attached hydrogens (tertiary/aromatic N) is 4. The highest BCUT2D eigenvalue weighted by molar-refractivity contribution is 8.00. The molecule has 8 heteroatoms. The summed E-state index contributed by atoms with van der Waals surface area (Å²) >= 11 is 1.33. The number of rotatable bonds is 7. The molecule has 0 radical (unpaired) electrons. The largest absolute Gasteiger partial charge is 0.338 e. The lowest BCUT2D eigenvalue weighted by molar-refractivity contribution is -0.115. The van der Waals surface area contributed by atoms with Crippen LogP contribution < -0.4 is 5.32 Å². The topological polar surface area (TPSA) is 85.8 Å². The van der Waals surface area contributed by atoms with Gasteiger partial charge in [0.1, 0.15) is 0 Å². The molecule has 2 aromatic heterocycles. The van der Waals surface area contributed by atoms with E-state index < -0.39 is 5.25 Å². The highest BCUT2D eigenvalue weighted by Gasteiger charge is 2.22. The summed E-state index contributed by atoms with van der Waals surface area (Å²) in [5.41, 5.74) is 3.01. The van der Waals surface area contributed by atoms with Gasteiger partial charge in [-0.3, -0.25) is 14.7 Å². The van der Waals surface area contributed by atoms with Crippen LogP contribution in [0.5, 0.6) is 0 Å². The Balaban J connectivity index is 1.80. The van der Waals surface area contributed by atoms with Crippen LogP contribution in [0.1, 0.15) is 39.0 Å². The zero-order valence-electron chi connectivity index (χ0n) is 18.0. The van der Waals surface area contributed by atoms with Crippen LogP contribution in [0.3, 0.4) is 0 Å². The minimum atomic E-state index is -0.403. The summed E-state index contributed by atoms with van der Waals surface area (Å²) < 4.78 is 7.02. The number of hydrogen-bond donors (Lipinski definition) is 1. The van der Waals surface area contributed by atoms with Crippen LogP contribution in [0.2, 0.25) is 0 Å². The van der Waals surface area contributed by atoms with Crippen LogP contribution in [0, 0.1) is 6.92 Å². The molecule has 0 bridgehead atoms. The lowest BCUT2D eigenvalue weighted by atomic mass is 9.87. The van der Waals surface area contributed by atoms with Crippen LogP contribution in [0.25, 0.3) is 11.4 Å². The fraction of sp³-hybridized carbons (Fsp3) is 0.364. The molecule has 158 valence electrons. The summed E-state index contributed by atoms with van der Waals surface area (Å²) in [6, 6.07) is 10.0. The van der Waals surface area contributed by atoms with Crippen molar-refractivity contribution >= 4 is 23.6 Å². The molecule has 0 saturated heterocycles. The summed E-state index contributed by atoms with van der Waals surface area (Å²) in [6.45, 7) is 14.6. The number of amides is 1. The lowest BCUT2D eigenvalue weighted by Crippen LogP contribution is -2.22. The number of carbonyl (C=O) groups is 1. The molecule has 1 atom stereocenters. The van der Waals surface area contributed by atoms with E-state index in [1.165, 1.54) is 17.3 Å². The van der Waals surface area contributed by atoms with E-state index in [-0.39, 0.29) is 11.3 Å². The maximum atomic E-state index is 12.5. The van der Waals surface area contributed by atoms with Crippen LogP contribution >= 0.6 is 11.8 Å². The highest BCUT2D eigenvalue weighted by atomic mass is 32.2. The van der Waals surface area contributed by atoms with Crippen molar-refractivity contribution < 1.29 is 9.32 Å². The number of thioether (sulfide) groups is 1. The molecule has 7 nitrogen and oxygen atoms in total. The first-order valence-electron chi connectivity index (χ1n) is 9.75. The Kier molecular flexibility index (Phi) is 6.45. The van der Waals surface area contributed by atoms with Gasteiger partial charge in [0, 0.05) is 18.2 Å². The molecule has 1 N–H and O–H groups in total. The summed E-state index contributed by atoms with van der Waals surface area (Å²) in [6.07, 6.45) is 1.79. The van der Waals surface area contributed by atoms with Crippen molar-refractivity contribution in [2.24, 2.45) is 0 Å². The van der Waals surface area contributed by atoms with Gasteiger partial charge in [-0.25, -0.2) is 0 Å². The van der Waals surface area contributed by atoms with E-state index in [4.69, 9.17) is 4.52 Å². The zero-order valence-corrected chi connectivity index (χ0v) is 18.8. The Bertz CT molecular complexity index is 1030. The lowest BCUT2D eigenvalue weighted by Gasteiger charge is -2.19. The van der Waals surface area contributed by atoms with E-state index in [0.29, 0.717) is 23.3 Å². The third kappa shape index (κ3) is 4.99. The molecule has 1 amide bonds. The zero-order chi connectivity index (χ0) is 21.9. The maximum absolute atomic E-state index is 12.5. The van der Waals surface area contributed by atoms with Gasteiger partial charge in [-0.2, -0.15) is 0 Å². The van der Waals surface area contributed by atoms with E-state index in [1.807, 2.05) is 11.5 Å². The molecule has 0 fully saturated rings. The van der Waals surface area contributed by atoms with Gasteiger partial charge in [0.2, 0.25) is 11.8 Å². The molecule has 1 aromatic carbocycles. The number of hydrogen-bond acceptors (Lipinski definition) is 6. The van der Waals surface area contributed by atoms with Crippen molar-refractivity contribution in [1.82, 2.24) is 19.9 Å². The number of aryl methyl sites for hydroxylation is 1. The number of aromatic nitrogens is 4. The molecule has 3 aromatic rings. The van der Waals surface area contributed by atoms with E-state index >= 15 is 0 Å². The number of allylic oxidation sites excluding steroid dienone is 1. The van der Waals surface area contributed by atoms with Crippen molar-refractivity contribution in [2.75, 3.05) is 5.32 Å². The van der Waals surface area contributed by atoms with E-state index in [0.717, 1.165) is 11.4 Å². The molecule has 0 spiro atoms. The Hall–Kier alpha value is -2.87. The van der Waals surface area contributed by atoms with Gasteiger partial charge >= 0.3 is 0 Å². The van der Waals surface area contributed by atoms with Crippen LogP contribution in [-0.2, 0) is 16.8 Å². The van der Waals surface area contributed by atoms with Crippen molar-refractivity contribution in [3.05, 3.63) is 54.2 Å². The van der Waals surface area contributed by atoms with Crippen molar-refractivity contribution in [2.45, 2.75) is 57.0 Å². The van der Waals surface area contributed by atoms with Crippen molar-refractivity contribution in [1.29, 1.82) is 0 Å². The third-order valence-electron chi connectivity index (χ3n) is 4.56. The van der Waals surface area contributed by atoms with Gasteiger partial charge in [-0.1, -0.05) is 68.0 Å². The molecular formula is C22H27N5O2S. The predicted molar refractivity (Wildman–Crippen MR) is 120 cm³/mol. The van der Waals surface area contributed by atoms with Crippen molar-refractivity contribution in [3.63, 3.8) is 0 Å². The van der Waals surface area contributed by atoms with Gasteiger partial charge in [0.05, 0.1) is 10.9 Å². The first kappa shape index (κ1) is 21.8. The maximum Gasteiger partial charge on any atom is 0.240 e. The van der Waals surface area contributed by atoms with E-state index in [2.05, 4.69) is 72.3 Å². The molecule has 0 aliphatic carbocycles. The van der Waals surface area contributed by atoms with Gasteiger partial charge in [-0.15, -0.1) is 16.8 Å². The number of carbonyl (C=O) groups excluding carboxylic acids is 1. The fourth-order valence-corrected chi connectivity index (χ4v) is 3.72. The molecule has 2 heterocycles. The van der Waals surface area contributed by atoms with E-state index in [9.17, 15) is 4.79 Å². The summed E-state index contributed by atoms with van der Waals surface area (Å²) in [4.78, 5) is 12.5. The summed E-state index contributed by atoms with van der Waals surface area (Å²) in [7, 11) is 0. The monoisotopic (exact) mass is 425 g/mol. The quantitative estimate of drug-likeness (QED) is 0.430. The average molecular weight is 426 g/mol. The first-order chi connectivity index (χ1) is 14.2. The SMILES string of the molecule is C=CCn1c(SC(C)C(=O)Nc2cc(C)no2)nnc1-c1ccc(C(C)(C)C)cc1. The number of nitrogens with one attached hydrogen (secondary N) is 1. The molecule has 30 heavy (non-hydrogen) atoms.